The van der Waals surface area contributed by atoms with Gasteiger partial charge in [-0.1, -0.05) is 11.6 Å². The van der Waals surface area contributed by atoms with Crippen LogP contribution in [-0.2, 0) is 0 Å². The quantitative estimate of drug-likeness (QED) is 0.713. The van der Waals surface area contributed by atoms with Gasteiger partial charge in [0, 0.05) is 18.0 Å². The maximum Gasteiger partial charge on any atom is 0.138 e. The number of nitrogens with zero attached hydrogens (tertiary/aromatic N) is 2. The average Bonchev–Trinajstić information content (AvgIpc) is 2.17. The molecule has 2 rings (SSSR count). The first kappa shape index (κ1) is 10.6. The second-order valence-electron chi connectivity index (χ2n) is 3.90. The number of nitrogen functional groups attached to an aromatic ring is 1. The van der Waals surface area contributed by atoms with Crippen LogP contribution in [0, 0.1) is 6.92 Å². The molecule has 0 spiro atoms. The summed E-state index contributed by atoms with van der Waals surface area (Å²) >= 11 is 6.11. The second kappa shape index (κ2) is 4.33. The molecule has 5 heteroatoms. The summed E-state index contributed by atoms with van der Waals surface area (Å²) in [5.41, 5.74) is 6.80. The molecule has 0 aliphatic carbocycles. The van der Waals surface area contributed by atoms with Crippen LogP contribution in [-0.4, -0.2) is 23.1 Å². The minimum absolute atomic E-state index is 0.354. The summed E-state index contributed by atoms with van der Waals surface area (Å²) in [6.07, 6.45) is 2.25. The van der Waals surface area contributed by atoms with E-state index in [1.54, 1.807) is 6.92 Å². The number of hydrogen-bond donors (Lipinski definition) is 2. The third-order valence-corrected chi connectivity index (χ3v) is 3.03. The third-order valence-electron chi connectivity index (χ3n) is 2.75. The summed E-state index contributed by atoms with van der Waals surface area (Å²) in [7, 11) is 0. The first-order valence-electron chi connectivity index (χ1n) is 5.18. The lowest BCUT2D eigenvalue weighted by Gasteiger charge is -2.24. The Kier molecular flexibility index (Phi) is 3.07. The van der Waals surface area contributed by atoms with E-state index in [0.29, 0.717) is 22.7 Å². The van der Waals surface area contributed by atoms with Crippen molar-refractivity contribution < 1.29 is 0 Å². The van der Waals surface area contributed by atoms with Gasteiger partial charge in [0.2, 0.25) is 0 Å². The van der Waals surface area contributed by atoms with Crippen LogP contribution >= 0.6 is 11.6 Å². The minimum atomic E-state index is 0.354. The van der Waals surface area contributed by atoms with Gasteiger partial charge in [-0.15, -0.1) is 0 Å². The van der Waals surface area contributed by atoms with E-state index in [1.807, 2.05) is 0 Å². The molecule has 1 aliphatic heterocycles. The first-order chi connectivity index (χ1) is 7.18. The first-order valence-corrected chi connectivity index (χ1v) is 5.56. The van der Waals surface area contributed by atoms with Gasteiger partial charge in [0.1, 0.15) is 16.8 Å². The highest BCUT2D eigenvalue weighted by Crippen LogP contribution is 2.31. The summed E-state index contributed by atoms with van der Waals surface area (Å²) in [5, 5.41) is 3.84. The number of aromatic nitrogens is 2. The molecule has 4 nitrogen and oxygen atoms in total. The van der Waals surface area contributed by atoms with Crippen LogP contribution < -0.4 is 11.1 Å². The van der Waals surface area contributed by atoms with Gasteiger partial charge in [0.15, 0.2) is 0 Å². The van der Waals surface area contributed by atoms with E-state index < -0.39 is 0 Å². The molecular weight excluding hydrogens is 212 g/mol. The molecule has 0 radical (unpaired) electrons. The fourth-order valence-electron chi connectivity index (χ4n) is 2.04. The van der Waals surface area contributed by atoms with Crippen molar-refractivity contribution in [3.8, 4) is 0 Å². The van der Waals surface area contributed by atoms with Gasteiger partial charge >= 0.3 is 0 Å². The van der Waals surface area contributed by atoms with Crippen molar-refractivity contribution in [3.05, 3.63) is 16.5 Å². The van der Waals surface area contributed by atoms with Gasteiger partial charge in [0.25, 0.3) is 0 Å². The Labute approximate surface area is 94.2 Å². The van der Waals surface area contributed by atoms with Crippen LogP contribution in [0.2, 0.25) is 5.15 Å². The molecule has 0 saturated carbocycles. The van der Waals surface area contributed by atoms with Crippen LogP contribution in [0.25, 0.3) is 0 Å². The molecule has 1 aliphatic rings. The Morgan fingerprint density at radius 1 is 1.47 bits per heavy atom. The minimum Gasteiger partial charge on any atom is -0.383 e. The van der Waals surface area contributed by atoms with E-state index >= 15 is 0 Å². The topological polar surface area (TPSA) is 63.8 Å². The number of nitrogens with two attached hydrogens (primary N) is 1. The lowest BCUT2D eigenvalue weighted by molar-refractivity contribution is 0.461. The molecule has 0 amide bonds. The molecular formula is C10H15ClN4. The van der Waals surface area contributed by atoms with Crippen molar-refractivity contribution in [1.82, 2.24) is 15.3 Å². The Morgan fingerprint density at radius 3 is 2.87 bits per heavy atom. The predicted octanol–water partition coefficient (Wildman–Crippen LogP) is 1.49. The highest BCUT2D eigenvalue weighted by molar-refractivity contribution is 6.30. The molecule has 1 unspecified atom stereocenters. The van der Waals surface area contributed by atoms with Crippen LogP contribution in [0.1, 0.15) is 30.1 Å². The standard InChI is InChI=1S/C10H15ClN4/c1-6-14-9(11)8(10(12)15-6)7-3-2-4-13-5-7/h7,13H,2-5H2,1H3,(H2,12,14,15). The van der Waals surface area contributed by atoms with Gasteiger partial charge in [-0.2, -0.15) is 0 Å². The third kappa shape index (κ3) is 2.21. The largest absolute Gasteiger partial charge is 0.383 e. The summed E-state index contributed by atoms with van der Waals surface area (Å²) in [6, 6.07) is 0. The van der Waals surface area contributed by atoms with Gasteiger partial charge in [-0.05, 0) is 26.3 Å². The number of piperidine rings is 1. The summed E-state index contributed by atoms with van der Waals surface area (Å²) in [4.78, 5) is 8.32. The highest BCUT2D eigenvalue weighted by Gasteiger charge is 2.22. The zero-order valence-electron chi connectivity index (χ0n) is 8.76. The van der Waals surface area contributed by atoms with E-state index in [4.69, 9.17) is 17.3 Å². The molecule has 3 N–H and O–H groups in total. The second-order valence-corrected chi connectivity index (χ2v) is 4.26. The van der Waals surface area contributed by atoms with Crippen molar-refractivity contribution in [1.29, 1.82) is 0 Å². The highest BCUT2D eigenvalue weighted by atomic mass is 35.5. The molecule has 1 aromatic rings. The normalized spacial score (nSPS) is 21.6. The maximum absolute atomic E-state index is 6.11. The molecule has 1 aromatic heterocycles. The fourth-order valence-corrected chi connectivity index (χ4v) is 2.42. The number of halogens is 1. The van der Waals surface area contributed by atoms with Gasteiger partial charge < -0.3 is 11.1 Å². The van der Waals surface area contributed by atoms with Crippen molar-refractivity contribution in [2.75, 3.05) is 18.8 Å². The van der Waals surface area contributed by atoms with Crippen LogP contribution in [0.15, 0.2) is 0 Å². The molecule has 0 aromatic carbocycles. The van der Waals surface area contributed by atoms with E-state index in [9.17, 15) is 0 Å². The van der Waals surface area contributed by atoms with Crippen molar-refractivity contribution in [2.45, 2.75) is 25.7 Å². The lowest BCUT2D eigenvalue weighted by Crippen LogP contribution is -2.29. The van der Waals surface area contributed by atoms with Gasteiger partial charge in [-0.3, -0.25) is 0 Å². The number of rotatable bonds is 1. The maximum atomic E-state index is 6.11. The van der Waals surface area contributed by atoms with E-state index in [2.05, 4.69) is 15.3 Å². The number of aryl methyl sites for hydroxylation is 1. The van der Waals surface area contributed by atoms with E-state index in [-0.39, 0.29) is 0 Å². The Hall–Kier alpha value is -0.870. The summed E-state index contributed by atoms with van der Waals surface area (Å²) in [5.74, 6) is 1.51. The lowest BCUT2D eigenvalue weighted by atomic mass is 9.93. The van der Waals surface area contributed by atoms with Crippen LogP contribution in [0.5, 0.6) is 0 Å². The van der Waals surface area contributed by atoms with Crippen molar-refractivity contribution >= 4 is 17.4 Å². The summed E-state index contributed by atoms with van der Waals surface area (Å²) < 4.78 is 0. The zero-order chi connectivity index (χ0) is 10.8. The Morgan fingerprint density at radius 2 is 2.27 bits per heavy atom. The summed E-state index contributed by atoms with van der Waals surface area (Å²) in [6.45, 7) is 3.78. The van der Waals surface area contributed by atoms with E-state index in [0.717, 1.165) is 31.5 Å². The van der Waals surface area contributed by atoms with Crippen molar-refractivity contribution in [3.63, 3.8) is 0 Å². The number of nitrogens with one attached hydrogen (secondary N) is 1. The van der Waals surface area contributed by atoms with Crippen LogP contribution in [0.4, 0.5) is 5.82 Å². The Bertz CT molecular complexity index is 337. The van der Waals surface area contributed by atoms with E-state index in [1.165, 1.54) is 0 Å². The SMILES string of the molecule is Cc1nc(N)c(C2CCCNC2)c(Cl)n1. The van der Waals surface area contributed by atoms with Gasteiger partial charge in [-0.25, -0.2) is 9.97 Å². The molecule has 15 heavy (non-hydrogen) atoms. The zero-order valence-corrected chi connectivity index (χ0v) is 9.51. The van der Waals surface area contributed by atoms with Crippen molar-refractivity contribution in [2.24, 2.45) is 0 Å². The molecule has 1 atom stereocenters. The predicted molar refractivity (Wildman–Crippen MR) is 61.0 cm³/mol. The number of hydrogen-bond acceptors (Lipinski definition) is 4. The molecule has 1 saturated heterocycles. The molecule has 2 heterocycles. The fraction of sp³-hybridized carbons (Fsp3) is 0.600. The van der Waals surface area contributed by atoms with Crippen LogP contribution in [0.3, 0.4) is 0 Å². The monoisotopic (exact) mass is 226 g/mol. The Balaban J connectivity index is 2.33. The van der Waals surface area contributed by atoms with Gasteiger partial charge in [0.05, 0.1) is 0 Å². The molecule has 1 fully saturated rings. The average molecular weight is 227 g/mol. The molecule has 0 bridgehead atoms. The number of anilines is 1. The molecule has 82 valence electrons. The smallest absolute Gasteiger partial charge is 0.138 e.